The third-order valence-electron chi connectivity index (χ3n) is 4.71. The lowest BCUT2D eigenvalue weighted by Gasteiger charge is -2.11. The van der Waals surface area contributed by atoms with Gasteiger partial charge in [-0.15, -0.1) is 5.10 Å². The molecule has 33 heavy (non-hydrogen) atoms. The van der Waals surface area contributed by atoms with Crippen LogP contribution in [0, 0.1) is 0 Å². The van der Waals surface area contributed by atoms with Gasteiger partial charge in [-0.25, -0.2) is 13.1 Å². The molecule has 2 aromatic carbocycles. The van der Waals surface area contributed by atoms with Crippen LogP contribution in [0.4, 0.5) is 18.9 Å². The SMILES string of the molecule is O=C(Nc1cccc(S(=O)(=O)NC2=NCCC2)c1)c1cn(-c2ccccc2C(F)(F)F)nn1. The summed E-state index contributed by atoms with van der Waals surface area (Å²) in [6.45, 7) is 0.558. The number of aromatic nitrogens is 3. The second kappa shape index (κ2) is 8.65. The van der Waals surface area contributed by atoms with Gasteiger partial charge in [0.1, 0.15) is 5.84 Å². The summed E-state index contributed by atoms with van der Waals surface area (Å²) in [5.74, 6) is -0.395. The highest BCUT2D eigenvalue weighted by Gasteiger charge is 2.34. The number of nitrogens with one attached hydrogen (secondary N) is 2. The fraction of sp³-hybridized carbons (Fsp3) is 0.200. The molecule has 0 unspecified atom stereocenters. The van der Waals surface area contributed by atoms with E-state index in [4.69, 9.17) is 0 Å². The minimum atomic E-state index is -4.62. The van der Waals surface area contributed by atoms with E-state index >= 15 is 0 Å². The van der Waals surface area contributed by atoms with Crippen LogP contribution in [-0.4, -0.2) is 41.7 Å². The van der Waals surface area contributed by atoms with Gasteiger partial charge in [-0.1, -0.05) is 23.4 Å². The predicted octanol–water partition coefficient (Wildman–Crippen LogP) is 3.01. The molecule has 9 nitrogen and oxygen atoms in total. The lowest BCUT2D eigenvalue weighted by atomic mass is 10.1. The average molecular weight is 478 g/mol. The van der Waals surface area contributed by atoms with E-state index in [1.807, 2.05) is 0 Å². The maximum Gasteiger partial charge on any atom is 0.418 e. The first-order valence-electron chi connectivity index (χ1n) is 9.70. The Morgan fingerprint density at radius 3 is 2.61 bits per heavy atom. The first kappa shape index (κ1) is 22.5. The van der Waals surface area contributed by atoms with Gasteiger partial charge in [-0.05, 0) is 36.8 Å². The highest BCUT2D eigenvalue weighted by Crippen LogP contribution is 2.33. The monoisotopic (exact) mass is 478 g/mol. The van der Waals surface area contributed by atoms with E-state index in [0.717, 1.165) is 23.4 Å². The van der Waals surface area contributed by atoms with Crippen molar-refractivity contribution in [1.29, 1.82) is 0 Å². The number of rotatable bonds is 5. The molecular formula is C20H17F3N6O3S. The van der Waals surface area contributed by atoms with Crippen LogP contribution >= 0.6 is 0 Å². The zero-order valence-electron chi connectivity index (χ0n) is 16.9. The summed E-state index contributed by atoms with van der Waals surface area (Å²) in [5, 5.41) is 9.74. The quantitative estimate of drug-likeness (QED) is 0.585. The van der Waals surface area contributed by atoms with Crippen molar-refractivity contribution in [2.45, 2.75) is 23.9 Å². The molecule has 1 amide bonds. The highest BCUT2D eigenvalue weighted by molar-refractivity contribution is 7.90. The van der Waals surface area contributed by atoms with Crippen molar-refractivity contribution in [1.82, 2.24) is 19.7 Å². The van der Waals surface area contributed by atoms with Gasteiger partial charge >= 0.3 is 6.18 Å². The Kier molecular flexibility index (Phi) is 5.89. The standard InChI is InChI=1S/C20H17F3N6O3S/c21-20(22,23)15-7-1-2-8-17(15)29-12-16(26-28-29)19(30)25-13-5-3-6-14(11-13)33(31,32)27-18-9-4-10-24-18/h1-3,5-8,11-12H,4,9-10H2,(H,24,27)(H,25,30). The van der Waals surface area contributed by atoms with Gasteiger partial charge in [-0.2, -0.15) is 13.2 Å². The fourth-order valence-corrected chi connectivity index (χ4v) is 4.31. The van der Waals surface area contributed by atoms with Crippen molar-refractivity contribution in [3.63, 3.8) is 0 Å². The van der Waals surface area contributed by atoms with Crippen LogP contribution in [0.1, 0.15) is 28.9 Å². The number of aliphatic imine (C=N–C) groups is 1. The second-order valence-corrected chi connectivity index (χ2v) is 8.77. The fourth-order valence-electron chi connectivity index (χ4n) is 3.17. The van der Waals surface area contributed by atoms with Crippen LogP contribution in [-0.2, 0) is 16.2 Å². The Labute approximate surface area is 186 Å². The van der Waals surface area contributed by atoms with Crippen LogP contribution in [0.2, 0.25) is 0 Å². The number of amides is 1. The zero-order valence-corrected chi connectivity index (χ0v) is 17.7. The third-order valence-corrected chi connectivity index (χ3v) is 6.09. The molecule has 4 rings (SSSR count). The molecule has 2 N–H and O–H groups in total. The minimum Gasteiger partial charge on any atom is -0.321 e. The molecule has 0 bridgehead atoms. The lowest BCUT2D eigenvalue weighted by molar-refractivity contribution is -0.137. The Morgan fingerprint density at radius 2 is 1.88 bits per heavy atom. The van der Waals surface area contributed by atoms with Gasteiger partial charge in [0.05, 0.1) is 22.3 Å². The number of nitrogens with zero attached hydrogens (tertiary/aromatic N) is 4. The molecule has 0 radical (unpaired) electrons. The number of halogens is 3. The van der Waals surface area contributed by atoms with Gasteiger partial charge in [0.15, 0.2) is 5.69 Å². The number of carbonyl (C=O) groups is 1. The molecule has 13 heteroatoms. The van der Waals surface area contributed by atoms with Crippen molar-refractivity contribution >= 4 is 27.5 Å². The summed E-state index contributed by atoms with van der Waals surface area (Å²) in [7, 11) is -3.89. The number of anilines is 1. The van der Waals surface area contributed by atoms with Crippen LogP contribution in [0.15, 0.2) is 64.6 Å². The van der Waals surface area contributed by atoms with E-state index in [1.165, 1.54) is 42.5 Å². The highest BCUT2D eigenvalue weighted by atomic mass is 32.2. The summed E-state index contributed by atoms with van der Waals surface area (Å²) in [6.07, 6.45) is -2.26. The number of carbonyl (C=O) groups excluding carboxylic acids is 1. The summed E-state index contributed by atoms with van der Waals surface area (Å²) in [5.41, 5.74) is -1.31. The topological polar surface area (TPSA) is 118 Å². The number of hydrogen-bond donors (Lipinski definition) is 2. The molecular weight excluding hydrogens is 461 g/mol. The van der Waals surface area contributed by atoms with Gasteiger partial charge in [0.2, 0.25) is 0 Å². The molecule has 0 saturated heterocycles. The van der Waals surface area contributed by atoms with Crippen molar-refractivity contribution in [3.8, 4) is 5.69 Å². The summed E-state index contributed by atoms with van der Waals surface area (Å²) < 4.78 is 68.1. The van der Waals surface area contributed by atoms with E-state index in [0.29, 0.717) is 18.8 Å². The molecule has 0 aliphatic carbocycles. The smallest absolute Gasteiger partial charge is 0.321 e. The molecule has 0 atom stereocenters. The Balaban J connectivity index is 1.53. The first-order valence-corrected chi connectivity index (χ1v) is 11.2. The molecule has 172 valence electrons. The average Bonchev–Trinajstić information content (AvgIpc) is 3.45. The number of benzene rings is 2. The molecule has 2 heterocycles. The molecule has 0 fully saturated rings. The van der Waals surface area contributed by atoms with Crippen LogP contribution < -0.4 is 10.0 Å². The van der Waals surface area contributed by atoms with E-state index in [1.54, 1.807) is 0 Å². The molecule has 3 aromatic rings. The third kappa shape index (κ3) is 5.03. The Hall–Kier alpha value is -3.74. The van der Waals surface area contributed by atoms with Crippen molar-refractivity contribution in [3.05, 3.63) is 66.0 Å². The maximum atomic E-state index is 13.2. The first-order chi connectivity index (χ1) is 15.6. The number of amidine groups is 1. The van der Waals surface area contributed by atoms with E-state index in [9.17, 15) is 26.4 Å². The number of alkyl halides is 3. The normalized spacial score (nSPS) is 14.1. The Morgan fingerprint density at radius 1 is 1.09 bits per heavy atom. The van der Waals surface area contributed by atoms with Crippen molar-refractivity contribution in [2.75, 3.05) is 11.9 Å². The molecule has 1 aliphatic rings. The van der Waals surface area contributed by atoms with Gasteiger partial charge in [0, 0.05) is 18.7 Å². The number of hydrogen-bond acceptors (Lipinski definition) is 6. The van der Waals surface area contributed by atoms with Crippen LogP contribution in [0.5, 0.6) is 0 Å². The van der Waals surface area contributed by atoms with E-state index < -0.39 is 27.7 Å². The molecule has 0 spiro atoms. The summed E-state index contributed by atoms with van der Waals surface area (Å²) in [4.78, 5) is 16.5. The molecule has 1 aliphatic heterocycles. The lowest BCUT2D eigenvalue weighted by Crippen LogP contribution is -2.29. The molecule has 1 aromatic heterocycles. The van der Waals surface area contributed by atoms with Crippen molar-refractivity contribution in [2.24, 2.45) is 4.99 Å². The number of para-hydroxylation sites is 1. The largest absolute Gasteiger partial charge is 0.418 e. The van der Waals surface area contributed by atoms with Gasteiger partial charge < -0.3 is 5.32 Å². The van der Waals surface area contributed by atoms with Crippen LogP contribution in [0.25, 0.3) is 5.69 Å². The van der Waals surface area contributed by atoms with Crippen molar-refractivity contribution < 1.29 is 26.4 Å². The summed E-state index contributed by atoms with van der Waals surface area (Å²) >= 11 is 0. The van der Waals surface area contributed by atoms with E-state index in [-0.39, 0.29) is 22.0 Å². The van der Waals surface area contributed by atoms with Crippen LogP contribution in [0.3, 0.4) is 0 Å². The second-order valence-electron chi connectivity index (χ2n) is 7.08. The number of sulfonamides is 1. The minimum absolute atomic E-state index is 0.0855. The molecule has 0 saturated carbocycles. The maximum absolute atomic E-state index is 13.2. The Bertz CT molecular complexity index is 1330. The zero-order chi connectivity index (χ0) is 23.6. The van der Waals surface area contributed by atoms with Gasteiger partial charge in [0.25, 0.3) is 15.9 Å². The van der Waals surface area contributed by atoms with E-state index in [2.05, 4.69) is 25.3 Å². The van der Waals surface area contributed by atoms with Gasteiger partial charge in [-0.3, -0.25) is 14.5 Å². The predicted molar refractivity (Wildman–Crippen MR) is 113 cm³/mol. The summed E-state index contributed by atoms with van der Waals surface area (Å²) in [6, 6.07) is 10.3.